The first-order valence-electron chi connectivity index (χ1n) is 5.51. The molecule has 88 valence electrons. The van der Waals surface area contributed by atoms with E-state index in [1.807, 2.05) is 0 Å². The van der Waals surface area contributed by atoms with Crippen molar-refractivity contribution >= 4 is 27.5 Å². The first kappa shape index (κ1) is 12.1. The molecule has 0 radical (unpaired) electrons. The Hall–Kier alpha value is -0.350. The van der Waals surface area contributed by atoms with E-state index in [2.05, 4.69) is 27.8 Å². The molecular formula is C11H14BrClN2O. The van der Waals surface area contributed by atoms with Gasteiger partial charge < -0.3 is 0 Å². The maximum absolute atomic E-state index is 12.0. The monoisotopic (exact) mass is 304 g/mol. The molecule has 1 saturated carbocycles. The van der Waals surface area contributed by atoms with Crippen molar-refractivity contribution in [2.45, 2.75) is 38.6 Å². The molecule has 1 aromatic heterocycles. The van der Waals surface area contributed by atoms with Crippen LogP contribution in [0.2, 0.25) is 5.15 Å². The van der Waals surface area contributed by atoms with Crippen LogP contribution in [0.1, 0.15) is 38.6 Å². The number of rotatable bonds is 1. The molecule has 0 spiro atoms. The molecule has 2 atom stereocenters. The highest BCUT2D eigenvalue weighted by atomic mass is 79.9. The maximum Gasteiger partial charge on any atom is 0.269 e. The lowest BCUT2D eigenvalue weighted by atomic mass is 9.87. The molecular weight excluding hydrogens is 291 g/mol. The molecule has 1 fully saturated rings. The van der Waals surface area contributed by atoms with Crippen LogP contribution < -0.4 is 5.56 Å². The third-order valence-corrected chi connectivity index (χ3v) is 4.43. The zero-order chi connectivity index (χ0) is 11.7. The fourth-order valence-electron chi connectivity index (χ4n) is 2.34. The van der Waals surface area contributed by atoms with Gasteiger partial charge in [-0.25, -0.2) is 4.98 Å². The van der Waals surface area contributed by atoms with Crippen molar-refractivity contribution in [3.63, 3.8) is 0 Å². The van der Waals surface area contributed by atoms with Crippen LogP contribution in [0.15, 0.2) is 15.6 Å². The predicted molar refractivity (Wildman–Crippen MR) is 67.9 cm³/mol. The second-order valence-electron chi connectivity index (χ2n) is 4.49. The summed E-state index contributed by atoms with van der Waals surface area (Å²) in [5, 5.41) is 0.241. The minimum absolute atomic E-state index is 0.0703. The van der Waals surface area contributed by atoms with Gasteiger partial charge in [0.2, 0.25) is 0 Å². The zero-order valence-corrected chi connectivity index (χ0v) is 11.5. The summed E-state index contributed by atoms with van der Waals surface area (Å²) in [7, 11) is 0. The molecule has 0 aliphatic heterocycles. The quantitative estimate of drug-likeness (QED) is 0.745. The standard InChI is InChI=1S/C11H14BrClN2O/c1-7-3-2-4-8(5-7)15-6-14-10(13)9(12)11(15)16/h6-8H,2-5H2,1H3. The van der Waals surface area contributed by atoms with Crippen LogP contribution >= 0.6 is 27.5 Å². The number of hydrogen-bond acceptors (Lipinski definition) is 2. The molecule has 16 heavy (non-hydrogen) atoms. The van der Waals surface area contributed by atoms with Crippen LogP contribution in [0.4, 0.5) is 0 Å². The van der Waals surface area contributed by atoms with Crippen molar-refractivity contribution in [2.75, 3.05) is 0 Å². The van der Waals surface area contributed by atoms with Gasteiger partial charge in [0.15, 0.2) is 5.15 Å². The van der Waals surface area contributed by atoms with Crippen LogP contribution in [0.25, 0.3) is 0 Å². The van der Waals surface area contributed by atoms with Gasteiger partial charge in [0.1, 0.15) is 4.47 Å². The van der Waals surface area contributed by atoms with Crippen molar-refractivity contribution in [3.8, 4) is 0 Å². The van der Waals surface area contributed by atoms with Gasteiger partial charge in [0.05, 0.1) is 6.33 Å². The summed E-state index contributed by atoms with van der Waals surface area (Å²) < 4.78 is 2.08. The van der Waals surface area contributed by atoms with Gasteiger partial charge in [-0.2, -0.15) is 0 Å². The summed E-state index contributed by atoms with van der Waals surface area (Å²) in [6.07, 6.45) is 6.11. The van der Waals surface area contributed by atoms with Crippen LogP contribution in [0.5, 0.6) is 0 Å². The number of aromatic nitrogens is 2. The van der Waals surface area contributed by atoms with E-state index in [1.54, 1.807) is 10.9 Å². The van der Waals surface area contributed by atoms with Gasteiger partial charge in [0, 0.05) is 6.04 Å². The van der Waals surface area contributed by atoms with E-state index in [0.29, 0.717) is 10.4 Å². The van der Waals surface area contributed by atoms with Gasteiger partial charge in [-0.3, -0.25) is 9.36 Å². The van der Waals surface area contributed by atoms with Crippen molar-refractivity contribution in [1.82, 2.24) is 9.55 Å². The Balaban J connectivity index is 2.33. The first-order chi connectivity index (χ1) is 7.59. The van der Waals surface area contributed by atoms with E-state index in [-0.39, 0.29) is 16.8 Å². The highest BCUT2D eigenvalue weighted by Crippen LogP contribution is 2.31. The molecule has 1 heterocycles. The SMILES string of the molecule is CC1CCCC(n2cnc(Cl)c(Br)c2=O)C1. The lowest BCUT2D eigenvalue weighted by Gasteiger charge is -2.28. The minimum Gasteiger partial charge on any atom is -0.295 e. The Morgan fingerprint density at radius 1 is 1.56 bits per heavy atom. The van der Waals surface area contributed by atoms with E-state index < -0.39 is 0 Å². The molecule has 1 aliphatic carbocycles. The fourth-order valence-corrected chi connectivity index (χ4v) is 2.77. The van der Waals surface area contributed by atoms with Gasteiger partial charge in [0.25, 0.3) is 5.56 Å². The van der Waals surface area contributed by atoms with Crippen molar-refractivity contribution < 1.29 is 0 Å². The summed E-state index contributed by atoms with van der Waals surface area (Å²) in [6.45, 7) is 2.23. The van der Waals surface area contributed by atoms with E-state index in [9.17, 15) is 4.79 Å². The van der Waals surface area contributed by atoms with Crippen molar-refractivity contribution in [1.29, 1.82) is 0 Å². The van der Waals surface area contributed by atoms with E-state index >= 15 is 0 Å². The van der Waals surface area contributed by atoms with Crippen LogP contribution in [0, 0.1) is 5.92 Å². The molecule has 1 aliphatic rings. The Bertz CT molecular complexity index is 446. The topological polar surface area (TPSA) is 34.9 Å². The second kappa shape index (κ2) is 4.88. The third-order valence-electron chi connectivity index (χ3n) is 3.20. The largest absolute Gasteiger partial charge is 0.295 e. The minimum atomic E-state index is -0.0703. The van der Waals surface area contributed by atoms with E-state index in [4.69, 9.17) is 11.6 Å². The second-order valence-corrected chi connectivity index (χ2v) is 5.64. The van der Waals surface area contributed by atoms with Gasteiger partial charge in [-0.05, 0) is 34.7 Å². The Morgan fingerprint density at radius 3 is 3.00 bits per heavy atom. The maximum atomic E-state index is 12.0. The fraction of sp³-hybridized carbons (Fsp3) is 0.636. The van der Waals surface area contributed by atoms with E-state index in [0.717, 1.165) is 12.8 Å². The van der Waals surface area contributed by atoms with Crippen molar-refractivity contribution in [2.24, 2.45) is 5.92 Å². The molecule has 3 nitrogen and oxygen atoms in total. The average molecular weight is 306 g/mol. The average Bonchev–Trinajstić information content (AvgIpc) is 2.26. The smallest absolute Gasteiger partial charge is 0.269 e. The molecule has 2 rings (SSSR count). The Labute approximate surface area is 108 Å². The predicted octanol–water partition coefficient (Wildman–Crippen LogP) is 3.41. The normalized spacial score (nSPS) is 25.7. The number of hydrogen-bond donors (Lipinski definition) is 0. The Kier molecular flexibility index (Phi) is 3.70. The molecule has 0 amide bonds. The highest BCUT2D eigenvalue weighted by Gasteiger charge is 2.22. The molecule has 2 unspecified atom stereocenters. The van der Waals surface area contributed by atoms with Crippen molar-refractivity contribution in [3.05, 3.63) is 26.3 Å². The molecule has 0 bridgehead atoms. The summed E-state index contributed by atoms with van der Waals surface area (Å²) >= 11 is 8.97. The van der Waals surface area contributed by atoms with Gasteiger partial charge >= 0.3 is 0 Å². The summed E-state index contributed by atoms with van der Waals surface area (Å²) in [6, 6.07) is 0.275. The molecule has 1 aromatic rings. The third kappa shape index (κ3) is 2.33. The summed E-state index contributed by atoms with van der Waals surface area (Å²) in [5.74, 6) is 0.681. The molecule has 0 saturated heterocycles. The molecule has 5 heteroatoms. The first-order valence-corrected chi connectivity index (χ1v) is 6.69. The van der Waals surface area contributed by atoms with Crippen LogP contribution in [-0.4, -0.2) is 9.55 Å². The van der Waals surface area contributed by atoms with Gasteiger partial charge in [-0.15, -0.1) is 0 Å². The Morgan fingerprint density at radius 2 is 2.31 bits per heavy atom. The van der Waals surface area contributed by atoms with E-state index in [1.165, 1.54) is 12.8 Å². The zero-order valence-electron chi connectivity index (χ0n) is 9.12. The number of nitrogens with zero attached hydrogens (tertiary/aromatic N) is 2. The molecule has 0 N–H and O–H groups in total. The molecule has 0 aromatic carbocycles. The summed E-state index contributed by atoms with van der Waals surface area (Å²) in [4.78, 5) is 16.0. The van der Waals surface area contributed by atoms with Crippen LogP contribution in [-0.2, 0) is 0 Å². The lowest BCUT2D eigenvalue weighted by Crippen LogP contribution is -2.28. The highest BCUT2D eigenvalue weighted by molar-refractivity contribution is 9.10. The lowest BCUT2D eigenvalue weighted by molar-refractivity contribution is 0.275. The van der Waals surface area contributed by atoms with Crippen LogP contribution in [0.3, 0.4) is 0 Å². The summed E-state index contributed by atoms with van der Waals surface area (Å²) in [5.41, 5.74) is -0.0703. The number of halogens is 2. The van der Waals surface area contributed by atoms with Gasteiger partial charge in [-0.1, -0.05) is 31.4 Å².